The van der Waals surface area contributed by atoms with Crippen LogP contribution in [-0.2, 0) is 16.4 Å². The van der Waals surface area contributed by atoms with Gasteiger partial charge in [-0.15, -0.1) is 10.2 Å². The van der Waals surface area contributed by atoms with E-state index in [0.29, 0.717) is 28.0 Å². The molecule has 1 unspecified atom stereocenters. The zero-order valence-corrected chi connectivity index (χ0v) is 19.1. The van der Waals surface area contributed by atoms with Crippen LogP contribution in [0.2, 0.25) is 0 Å². The highest BCUT2D eigenvalue weighted by Crippen LogP contribution is 2.31. The Balaban J connectivity index is 1.37. The van der Waals surface area contributed by atoms with Gasteiger partial charge in [-0.1, -0.05) is 23.1 Å². The third kappa shape index (κ3) is 4.62. The van der Waals surface area contributed by atoms with Gasteiger partial charge in [-0.2, -0.15) is 0 Å². The van der Waals surface area contributed by atoms with Crippen molar-refractivity contribution < 1.29 is 17.6 Å². The molecule has 30 heavy (non-hydrogen) atoms. The van der Waals surface area contributed by atoms with E-state index in [1.165, 1.54) is 23.1 Å². The molecule has 4 heterocycles. The minimum atomic E-state index is -2.99. The summed E-state index contributed by atoms with van der Waals surface area (Å²) in [5.41, 5.74) is 2.39. The zero-order valence-electron chi connectivity index (χ0n) is 16.6. The number of thioether (sulfide) groups is 1. The molecule has 1 aliphatic rings. The molecule has 0 saturated carbocycles. The number of nitrogens with zero attached hydrogens (tertiary/aromatic N) is 3. The van der Waals surface area contributed by atoms with Crippen molar-refractivity contribution in [2.75, 3.05) is 22.6 Å². The van der Waals surface area contributed by atoms with Gasteiger partial charge in [0.25, 0.3) is 0 Å². The van der Waals surface area contributed by atoms with Crippen molar-refractivity contribution >= 4 is 43.9 Å². The van der Waals surface area contributed by atoms with Crippen LogP contribution in [-0.4, -0.2) is 46.2 Å². The lowest BCUT2D eigenvalue weighted by atomic mass is 10.2. The monoisotopic (exact) mass is 466 g/mol. The lowest BCUT2D eigenvalue weighted by Crippen LogP contribution is -2.14. The Hall–Kier alpha value is -2.11. The topological polar surface area (TPSA) is 107 Å². The van der Waals surface area contributed by atoms with Crippen molar-refractivity contribution in [2.45, 2.75) is 37.2 Å². The Bertz CT molecular complexity index is 1150. The molecule has 1 saturated heterocycles. The largest absolute Gasteiger partial charge is 0.467 e. The molecule has 0 amide bonds. The zero-order chi connectivity index (χ0) is 21.3. The molecule has 160 valence electrons. The number of anilines is 1. The maximum atomic E-state index is 12.8. The van der Waals surface area contributed by atoms with Gasteiger partial charge in [-0.3, -0.25) is 4.79 Å². The molecule has 3 aromatic rings. The summed E-state index contributed by atoms with van der Waals surface area (Å²) in [7, 11) is -2.99. The standard InChI is InChI=1S/C19H22N4O4S3/c1-12-8-16(13(2)23(12)14-5-7-30(25,26)11-14)17(24)10-28-19-22-21-18(29-19)20-9-15-4-3-6-27-15/h3-4,6,8,14H,5,7,9-11H2,1-2H3,(H,20,21). The first kappa shape index (κ1) is 21.1. The molecule has 0 aromatic carbocycles. The number of hydrogen-bond donors (Lipinski definition) is 1. The molecule has 0 aliphatic carbocycles. The van der Waals surface area contributed by atoms with Crippen LogP contribution in [0, 0.1) is 13.8 Å². The Labute approximate surface area is 183 Å². The molecule has 0 radical (unpaired) electrons. The van der Waals surface area contributed by atoms with E-state index in [4.69, 9.17) is 4.42 Å². The van der Waals surface area contributed by atoms with Crippen LogP contribution < -0.4 is 5.32 Å². The minimum absolute atomic E-state index is 0.000462. The highest BCUT2D eigenvalue weighted by atomic mass is 32.2. The molecule has 0 bridgehead atoms. The first-order valence-electron chi connectivity index (χ1n) is 9.47. The Kier molecular flexibility index (Phi) is 6.03. The third-order valence-electron chi connectivity index (χ3n) is 5.09. The average Bonchev–Trinajstić information content (AvgIpc) is 3.47. The fourth-order valence-corrected chi connectivity index (χ4v) is 7.05. The Morgan fingerprint density at radius 3 is 2.93 bits per heavy atom. The second-order valence-corrected chi connectivity index (χ2v) is 11.7. The summed E-state index contributed by atoms with van der Waals surface area (Å²) in [5.74, 6) is 1.41. The van der Waals surface area contributed by atoms with Gasteiger partial charge >= 0.3 is 0 Å². The van der Waals surface area contributed by atoms with E-state index in [-0.39, 0.29) is 29.1 Å². The first-order chi connectivity index (χ1) is 14.3. The van der Waals surface area contributed by atoms with Crippen molar-refractivity contribution in [3.63, 3.8) is 0 Å². The molecule has 8 nitrogen and oxygen atoms in total. The molecule has 1 fully saturated rings. The highest BCUT2D eigenvalue weighted by Gasteiger charge is 2.31. The summed E-state index contributed by atoms with van der Waals surface area (Å²) in [4.78, 5) is 12.8. The van der Waals surface area contributed by atoms with Gasteiger partial charge in [0.15, 0.2) is 20.0 Å². The van der Waals surface area contributed by atoms with Gasteiger partial charge in [0, 0.05) is 23.0 Å². The number of aryl methyl sites for hydroxylation is 1. The van der Waals surface area contributed by atoms with Crippen molar-refractivity contribution in [3.05, 3.63) is 47.2 Å². The van der Waals surface area contributed by atoms with Gasteiger partial charge in [-0.25, -0.2) is 8.42 Å². The van der Waals surface area contributed by atoms with Crippen molar-refractivity contribution in [3.8, 4) is 0 Å². The lowest BCUT2D eigenvalue weighted by molar-refractivity contribution is 0.102. The molecule has 1 atom stereocenters. The molecule has 4 rings (SSSR count). The SMILES string of the molecule is Cc1cc(C(=O)CSc2nnc(NCc3ccco3)s2)c(C)n1C1CCS(=O)(=O)C1. The molecule has 0 spiro atoms. The normalized spacial score (nSPS) is 18.0. The molecular weight excluding hydrogens is 444 g/mol. The number of Topliss-reactive ketones (excluding diaryl/α,β-unsaturated/α-hetero) is 1. The van der Waals surface area contributed by atoms with E-state index in [1.54, 1.807) is 6.26 Å². The van der Waals surface area contributed by atoms with Crippen LogP contribution in [0.4, 0.5) is 5.13 Å². The fourth-order valence-electron chi connectivity index (χ4n) is 3.72. The molecule has 1 aliphatic heterocycles. The summed E-state index contributed by atoms with van der Waals surface area (Å²) in [6, 6.07) is 5.47. The number of nitrogens with one attached hydrogen (secondary N) is 1. The maximum absolute atomic E-state index is 12.8. The number of furan rings is 1. The van der Waals surface area contributed by atoms with E-state index < -0.39 is 9.84 Å². The highest BCUT2D eigenvalue weighted by molar-refractivity contribution is 8.01. The summed E-state index contributed by atoms with van der Waals surface area (Å²) >= 11 is 2.74. The van der Waals surface area contributed by atoms with Crippen molar-refractivity contribution in [1.82, 2.24) is 14.8 Å². The average molecular weight is 467 g/mol. The molecule has 3 aromatic heterocycles. The number of ketones is 1. The summed E-state index contributed by atoms with van der Waals surface area (Å²) in [6.07, 6.45) is 2.21. The van der Waals surface area contributed by atoms with Gasteiger partial charge < -0.3 is 14.3 Å². The number of rotatable bonds is 8. The van der Waals surface area contributed by atoms with Gasteiger partial charge in [0.2, 0.25) is 5.13 Å². The van der Waals surface area contributed by atoms with E-state index >= 15 is 0 Å². The quantitative estimate of drug-likeness (QED) is 0.397. The first-order valence-corrected chi connectivity index (χ1v) is 13.1. The van der Waals surface area contributed by atoms with Crippen molar-refractivity contribution in [1.29, 1.82) is 0 Å². The number of aromatic nitrogens is 3. The van der Waals surface area contributed by atoms with Crippen LogP contribution in [0.25, 0.3) is 0 Å². The van der Waals surface area contributed by atoms with E-state index in [2.05, 4.69) is 15.5 Å². The smallest absolute Gasteiger partial charge is 0.206 e. The molecule has 1 N–H and O–H groups in total. The summed E-state index contributed by atoms with van der Waals surface area (Å²) in [6.45, 7) is 4.33. The molecular formula is C19H22N4O4S3. The second kappa shape index (κ2) is 8.56. The lowest BCUT2D eigenvalue weighted by Gasteiger charge is -2.16. The molecule has 11 heteroatoms. The Morgan fingerprint density at radius 1 is 1.40 bits per heavy atom. The van der Waals surface area contributed by atoms with Crippen molar-refractivity contribution in [2.24, 2.45) is 0 Å². The van der Waals surface area contributed by atoms with Gasteiger partial charge in [-0.05, 0) is 38.5 Å². The van der Waals surface area contributed by atoms with Gasteiger partial charge in [0.05, 0.1) is 30.1 Å². The Morgan fingerprint density at radius 2 is 2.23 bits per heavy atom. The minimum Gasteiger partial charge on any atom is -0.467 e. The number of carbonyl (C=O) groups excluding carboxylic acids is 1. The second-order valence-electron chi connectivity index (χ2n) is 7.23. The summed E-state index contributed by atoms with van der Waals surface area (Å²) < 4.78 is 31.7. The predicted molar refractivity (Wildman–Crippen MR) is 117 cm³/mol. The van der Waals surface area contributed by atoms with Crippen LogP contribution in [0.5, 0.6) is 0 Å². The van der Waals surface area contributed by atoms with Crippen LogP contribution in [0.15, 0.2) is 33.2 Å². The maximum Gasteiger partial charge on any atom is 0.206 e. The predicted octanol–water partition coefficient (Wildman–Crippen LogP) is 3.50. The fraction of sp³-hybridized carbons (Fsp3) is 0.421. The van der Waals surface area contributed by atoms with E-state index in [9.17, 15) is 13.2 Å². The van der Waals surface area contributed by atoms with Crippen LogP contribution in [0.3, 0.4) is 0 Å². The third-order valence-corrected chi connectivity index (χ3v) is 8.85. The van der Waals surface area contributed by atoms with Gasteiger partial charge in [0.1, 0.15) is 5.76 Å². The van der Waals surface area contributed by atoms with Crippen LogP contribution >= 0.6 is 23.1 Å². The number of sulfone groups is 1. The number of hydrogen-bond acceptors (Lipinski definition) is 9. The van der Waals surface area contributed by atoms with E-state index in [1.807, 2.05) is 36.6 Å². The van der Waals surface area contributed by atoms with E-state index in [0.717, 1.165) is 17.1 Å². The number of carbonyl (C=O) groups is 1. The van der Waals surface area contributed by atoms with Crippen LogP contribution in [0.1, 0.15) is 40.0 Å². The summed E-state index contributed by atoms with van der Waals surface area (Å²) in [5, 5.41) is 12.0.